The van der Waals surface area contributed by atoms with E-state index >= 15 is 0 Å². The van der Waals surface area contributed by atoms with Crippen LogP contribution in [-0.4, -0.2) is 28.8 Å². The molecule has 24 heavy (non-hydrogen) atoms. The summed E-state index contributed by atoms with van der Waals surface area (Å²) in [6.45, 7) is 9.69. The Bertz CT molecular complexity index is 737. The molecule has 6 heteroatoms. The lowest BCUT2D eigenvalue weighted by Gasteiger charge is -2.53. The van der Waals surface area contributed by atoms with Gasteiger partial charge in [-0.3, -0.25) is 4.79 Å². The highest BCUT2D eigenvalue weighted by Gasteiger charge is 2.53. The number of piperidine rings is 1. The second-order valence-electron chi connectivity index (χ2n) is 7.51. The van der Waals surface area contributed by atoms with Crippen LogP contribution in [0.1, 0.15) is 32.9 Å². The van der Waals surface area contributed by atoms with Crippen molar-refractivity contribution in [3.05, 3.63) is 29.7 Å². The Labute approximate surface area is 149 Å². The third kappa shape index (κ3) is 2.80. The van der Waals surface area contributed by atoms with E-state index in [0.29, 0.717) is 5.57 Å². The van der Waals surface area contributed by atoms with Gasteiger partial charge in [0.15, 0.2) is 5.78 Å². The van der Waals surface area contributed by atoms with Gasteiger partial charge in [0.25, 0.3) is 0 Å². The van der Waals surface area contributed by atoms with Crippen molar-refractivity contribution in [1.82, 2.24) is 9.97 Å². The highest BCUT2D eigenvalue weighted by molar-refractivity contribution is 6.04. The number of ketones is 1. The predicted octanol–water partition coefficient (Wildman–Crippen LogP) is 3.10. The zero-order valence-corrected chi connectivity index (χ0v) is 15.4. The first-order valence-electron chi connectivity index (χ1n) is 7.99. The van der Waals surface area contributed by atoms with Gasteiger partial charge >= 0.3 is 0 Å². The Balaban J connectivity index is 0.00000208. The molecule has 0 amide bonds. The third-order valence-electron chi connectivity index (χ3n) is 5.42. The van der Waals surface area contributed by atoms with Gasteiger partial charge < -0.3 is 4.90 Å². The first-order chi connectivity index (χ1) is 10.8. The highest BCUT2D eigenvalue weighted by Crippen LogP contribution is 2.52. The summed E-state index contributed by atoms with van der Waals surface area (Å²) < 4.78 is 0. The van der Waals surface area contributed by atoms with Gasteiger partial charge in [0.2, 0.25) is 0 Å². The van der Waals surface area contributed by atoms with E-state index < -0.39 is 5.41 Å². The largest absolute Gasteiger partial charge is 0.356 e. The van der Waals surface area contributed by atoms with E-state index in [1.54, 1.807) is 6.33 Å². The lowest BCUT2D eigenvalue weighted by atomic mass is 9.55. The smallest absolute Gasteiger partial charge is 0.178 e. The van der Waals surface area contributed by atoms with Crippen molar-refractivity contribution in [3.63, 3.8) is 0 Å². The molecule has 1 aromatic rings. The molecule has 2 atom stereocenters. The van der Waals surface area contributed by atoms with Gasteiger partial charge in [-0.2, -0.15) is 5.26 Å². The second-order valence-corrected chi connectivity index (χ2v) is 7.51. The standard InChI is InChI=1S/C18H22N4O.ClH/c1-12-7-15(21-11-20-12)22-6-5-14-17(2,3)16(23)13(9-19)8-18(14,4)10-22;/h7-8,11,14H,5-6,10H2,1-4H3;1H/t14-,18-;/m0./s1. The molecule has 1 aromatic heterocycles. The average Bonchev–Trinajstić information content (AvgIpc) is 2.50. The van der Waals surface area contributed by atoms with Crippen LogP contribution in [-0.2, 0) is 4.79 Å². The van der Waals surface area contributed by atoms with Gasteiger partial charge in [-0.1, -0.05) is 26.8 Å². The van der Waals surface area contributed by atoms with Crippen molar-refractivity contribution in [3.8, 4) is 6.07 Å². The molecule has 2 aliphatic rings. The molecule has 3 rings (SSSR count). The number of carbonyl (C=O) groups is 1. The van der Waals surface area contributed by atoms with Gasteiger partial charge in [-0.25, -0.2) is 9.97 Å². The zero-order valence-electron chi connectivity index (χ0n) is 14.5. The van der Waals surface area contributed by atoms with Crippen molar-refractivity contribution < 1.29 is 4.79 Å². The Kier molecular flexibility index (Phi) is 4.74. The van der Waals surface area contributed by atoms with Crippen LogP contribution in [0.25, 0.3) is 0 Å². The second kappa shape index (κ2) is 6.18. The van der Waals surface area contributed by atoms with Gasteiger partial charge in [0.05, 0.1) is 5.57 Å². The molecule has 0 aromatic carbocycles. The number of aromatic nitrogens is 2. The van der Waals surface area contributed by atoms with Gasteiger partial charge in [0, 0.05) is 35.7 Å². The molecule has 2 heterocycles. The number of rotatable bonds is 1. The Hall–Kier alpha value is -1.93. The molecule has 1 fully saturated rings. The Morgan fingerprint density at radius 2 is 2.04 bits per heavy atom. The quantitative estimate of drug-likeness (QED) is 0.781. The fourth-order valence-corrected chi connectivity index (χ4v) is 4.34. The van der Waals surface area contributed by atoms with E-state index in [0.717, 1.165) is 31.0 Å². The van der Waals surface area contributed by atoms with Gasteiger partial charge in [-0.15, -0.1) is 12.4 Å². The van der Waals surface area contributed by atoms with Crippen molar-refractivity contribution >= 4 is 24.0 Å². The molecule has 1 aliphatic carbocycles. The number of halogens is 1. The van der Waals surface area contributed by atoms with E-state index in [1.807, 2.05) is 32.9 Å². The number of hydrogen-bond donors (Lipinski definition) is 0. The molecule has 0 N–H and O–H groups in total. The fourth-order valence-electron chi connectivity index (χ4n) is 4.34. The molecular weight excluding hydrogens is 324 g/mol. The fraction of sp³-hybridized carbons (Fsp3) is 0.556. The van der Waals surface area contributed by atoms with Crippen LogP contribution in [0, 0.1) is 35.0 Å². The molecule has 0 bridgehead atoms. The van der Waals surface area contributed by atoms with Crippen molar-refractivity contribution in [2.75, 3.05) is 18.0 Å². The summed E-state index contributed by atoms with van der Waals surface area (Å²) in [4.78, 5) is 23.3. The van der Waals surface area contributed by atoms with Crippen molar-refractivity contribution in [2.45, 2.75) is 34.1 Å². The predicted molar refractivity (Wildman–Crippen MR) is 94.9 cm³/mol. The number of allylic oxidation sites excluding steroid dienone is 1. The topological polar surface area (TPSA) is 69.9 Å². The monoisotopic (exact) mass is 346 g/mol. The molecule has 128 valence electrons. The summed E-state index contributed by atoms with van der Waals surface area (Å²) in [6, 6.07) is 4.08. The van der Waals surface area contributed by atoms with Gasteiger partial charge in [-0.05, 0) is 19.3 Å². The zero-order chi connectivity index (χ0) is 16.8. The molecule has 0 radical (unpaired) electrons. The van der Waals surface area contributed by atoms with Crippen LogP contribution >= 0.6 is 12.4 Å². The number of nitriles is 1. The number of fused-ring (bicyclic) bond motifs is 1. The van der Waals surface area contributed by atoms with Crippen molar-refractivity contribution in [2.24, 2.45) is 16.7 Å². The van der Waals surface area contributed by atoms with E-state index in [4.69, 9.17) is 0 Å². The number of anilines is 1. The first-order valence-corrected chi connectivity index (χ1v) is 7.99. The number of carbonyl (C=O) groups excluding carboxylic acids is 1. The molecule has 0 spiro atoms. The van der Waals surface area contributed by atoms with Crippen LogP contribution in [0.15, 0.2) is 24.0 Å². The van der Waals surface area contributed by atoms with Crippen LogP contribution in [0.4, 0.5) is 5.82 Å². The number of aryl methyl sites for hydroxylation is 1. The highest BCUT2D eigenvalue weighted by atomic mass is 35.5. The Morgan fingerprint density at radius 3 is 2.67 bits per heavy atom. The molecule has 1 aliphatic heterocycles. The minimum absolute atomic E-state index is 0. The summed E-state index contributed by atoms with van der Waals surface area (Å²) in [5.41, 5.74) is 0.533. The summed E-state index contributed by atoms with van der Waals surface area (Å²) in [5, 5.41) is 9.34. The maximum atomic E-state index is 12.5. The lowest BCUT2D eigenvalue weighted by Crippen LogP contribution is -2.56. The molecule has 0 unspecified atom stereocenters. The minimum atomic E-state index is -0.498. The SMILES string of the molecule is Cc1cc(N2CC[C@H]3C(C)(C)C(=O)C(C#N)=C[C@@]3(C)C2)ncn1.Cl. The van der Waals surface area contributed by atoms with Crippen LogP contribution < -0.4 is 4.90 Å². The summed E-state index contributed by atoms with van der Waals surface area (Å²) >= 11 is 0. The van der Waals surface area contributed by atoms with Crippen LogP contribution in [0.3, 0.4) is 0 Å². The minimum Gasteiger partial charge on any atom is -0.356 e. The third-order valence-corrected chi connectivity index (χ3v) is 5.42. The molecule has 0 saturated carbocycles. The Morgan fingerprint density at radius 1 is 1.33 bits per heavy atom. The lowest BCUT2D eigenvalue weighted by molar-refractivity contribution is -0.130. The van der Waals surface area contributed by atoms with Crippen LogP contribution in [0.2, 0.25) is 0 Å². The normalized spacial score (nSPS) is 28.3. The molecule has 1 saturated heterocycles. The van der Waals surface area contributed by atoms with E-state index in [-0.39, 0.29) is 29.5 Å². The number of Topliss-reactive ketones (excluding diaryl/α,β-unsaturated/α-hetero) is 1. The average molecular weight is 347 g/mol. The number of nitrogens with zero attached hydrogens (tertiary/aromatic N) is 4. The maximum Gasteiger partial charge on any atom is 0.178 e. The first kappa shape index (κ1) is 18.4. The van der Waals surface area contributed by atoms with Gasteiger partial charge in [0.1, 0.15) is 18.2 Å². The van der Waals surface area contributed by atoms with Crippen LogP contribution in [0.5, 0.6) is 0 Å². The van der Waals surface area contributed by atoms with E-state index in [1.165, 1.54) is 0 Å². The maximum absolute atomic E-state index is 12.5. The molecular formula is C18H23ClN4O. The van der Waals surface area contributed by atoms with Crippen molar-refractivity contribution in [1.29, 1.82) is 5.26 Å². The summed E-state index contributed by atoms with van der Waals surface area (Å²) in [6.07, 6.45) is 4.39. The van der Waals surface area contributed by atoms with E-state index in [2.05, 4.69) is 27.9 Å². The molecule has 5 nitrogen and oxygen atoms in total. The summed E-state index contributed by atoms with van der Waals surface area (Å²) in [5.74, 6) is 1.13. The summed E-state index contributed by atoms with van der Waals surface area (Å²) in [7, 11) is 0. The van der Waals surface area contributed by atoms with E-state index in [9.17, 15) is 10.1 Å². The number of hydrogen-bond acceptors (Lipinski definition) is 5.